The maximum atomic E-state index is 11.7. The number of aliphatic imine (C=N–C) groups is 1. The number of carbonyl (C=O) groups is 1. The van der Waals surface area contributed by atoms with Crippen molar-refractivity contribution in [3.63, 3.8) is 0 Å². The first-order valence-corrected chi connectivity index (χ1v) is 8.51. The molecule has 0 aromatic carbocycles. The van der Waals surface area contributed by atoms with Gasteiger partial charge in [0.1, 0.15) is 0 Å². The Morgan fingerprint density at radius 1 is 1.33 bits per heavy atom. The fourth-order valence-electron chi connectivity index (χ4n) is 2.02. The summed E-state index contributed by atoms with van der Waals surface area (Å²) < 4.78 is 0. The molecule has 0 aliphatic heterocycles. The minimum absolute atomic E-state index is 0.116. The molecule has 0 spiro atoms. The van der Waals surface area contributed by atoms with Crippen LogP contribution in [0.3, 0.4) is 0 Å². The smallest absolute Gasteiger partial charge is 0.161 e. The summed E-state index contributed by atoms with van der Waals surface area (Å²) in [5.41, 5.74) is 1.69. The molecule has 0 bridgehead atoms. The molecule has 0 heterocycles. The normalized spacial score (nSPS) is 15.3. The number of aliphatic hydroxyl groups excluding tert-OH is 1. The second-order valence-corrected chi connectivity index (χ2v) is 5.74. The number of carbonyl (C=O) groups excluding carboxylic acids is 1. The summed E-state index contributed by atoms with van der Waals surface area (Å²) in [6.45, 7) is 11.0. The predicted octanol–water partition coefficient (Wildman–Crippen LogP) is 5.28. The summed E-state index contributed by atoms with van der Waals surface area (Å²) >= 11 is 6.00. The van der Waals surface area contributed by atoms with Gasteiger partial charge in [-0.15, -0.1) is 0 Å². The van der Waals surface area contributed by atoms with Crippen LogP contribution >= 0.6 is 11.6 Å². The molecule has 1 N–H and O–H groups in total. The molecule has 3 nitrogen and oxygen atoms in total. The fraction of sp³-hybridized carbons (Fsp3) is 0.400. The Morgan fingerprint density at radius 2 is 2.00 bits per heavy atom. The number of hydrogen-bond acceptors (Lipinski definition) is 3. The highest BCUT2D eigenvalue weighted by Crippen LogP contribution is 2.15. The molecular weight excluding hydrogens is 322 g/mol. The van der Waals surface area contributed by atoms with Crippen LogP contribution in [0.2, 0.25) is 0 Å². The topological polar surface area (TPSA) is 49.7 Å². The van der Waals surface area contributed by atoms with E-state index in [1.165, 1.54) is 6.92 Å². The third-order valence-electron chi connectivity index (χ3n) is 3.24. The summed E-state index contributed by atoms with van der Waals surface area (Å²) in [7, 11) is 0. The largest absolute Gasteiger partial charge is 0.387 e. The van der Waals surface area contributed by atoms with E-state index in [1.807, 2.05) is 26.0 Å². The van der Waals surface area contributed by atoms with Crippen LogP contribution in [0.15, 0.2) is 64.3 Å². The van der Waals surface area contributed by atoms with Crippen molar-refractivity contribution in [1.29, 1.82) is 0 Å². The number of rotatable bonds is 10. The number of ketones is 1. The molecule has 0 aliphatic carbocycles. The molecular formula is C20H28ClNO2. The maximum absolute atomic E-state index is 11.7. The first-order chi connectivity index (χ1) is 11.4. The summed E-state index contributed by atoms with van der Waals surface area (Å²) in [5, 5.41) is 11.1. The SMILES string of the molecule is C=C(/C=C\C(Cl)=C/CC)CCC(O)C(=N/C=C\C)C(=CC)C(C)=O. The Balaban J connectivity index is 4.97. The van der Waals surface area contributed by atoms with Crippen molar-refractivity contribution < 1.29 is 9.90 Å². The second-order valence-electron chi connectivity index (χ2n) is 5.30. The molecule has 0 fully saturated rings. The van der Waals surface area contributed by atoms with Gasteiger partial charge in [0.2, 0.25) is 0 Å². The van der Waals surface area contributed by atoms with Crippen molar-refractivity contribution in [1.82, 2.24) is 0 Å². The molecule has 0 radical (unpaired) electrons. The van der Waals surface area contributed by atoms with E-state index in [0.717, 1.165) is 12.0 Å². The minimum Gasteiger partial charge on any atom is -0.387 e. The Morgan fingerprint density at radius 3 is 2.50 bits per heavy atom. The predicted molar refractivity (Wildman–Crippen MR) is 104 cm³/mol. The molecule has 132 valence electrons. The average Bonchev–Trinajstić information content (AvgIpc) is 2.54. The molecule has 0 aromatic heterocycles. The number of allylic oxidation sites excluding steroid dienone is 7. The molecule has 4 heteroatoms. The van der Waals surface area contributed by atoms with Gasteiger partial charge in [0.15, 0.2) is 5.78 Å². The lowest BCUT2D eigenvalue weighted by atomic mass is 9.97. The quantitative estimate of drug-likeness (QED) is 0.331. The standard InChI is InChI=1S/C20H28ClNO2/c1-6-9-17(21)12-10-15(4)11-13-19(24)20(22-14-7-2)18(8-3)16(5)23/h7-10,12,14,19,24H,4,6,11,13H2,1-3,5H3/b12-10-,14-7-,17-9+,18-8?,22-20?. The van der Waals surface area contributed by atoms with Crippen LogP contribution in [-0.4, -0.2) is 22.7 Å². The van der Waals surface area contributed by atoms with Gasteiger partial charge in [-0.05, 0) is 46.1 Å². The summed E-state index contributed by atoms with van der Waals surface area (Å²) in [5.74, 6) is -0.116. The highest BCUT2D eigenvalue weighted by molar-refractivity contribution is 6.31. The van der Waals surface area contributed by atoms with Crippen LogP contribution in [-0.2, 0) is 4.79 Å². The van der Waals surface area contributed by atoms with Gasteiger partial charge in [-0.2, -0.15) is 0 Å². The van der Waals surface area contributed by atoms with Gasteiger partial charge in [-0.25, -0.2) is 0 Å². The zero-order valence-electron chi connectivity index (χ0n) is 15.1. The van der Waals surface area contributed by atoms with Crippen molar-refractivity contribution in [2.45, 2.75) is 53.1 Å². The first kappa shape index (κ1) is 22.3. The molecule has 1 atom stereocenters. The monoisotopic (exact) mass is 349 g/mol. The van der Waals surface area contributed by atoms with Crippen molar-refractivity contribution in [2.75, 3.05) is 0 Å². The summed E-state index contributed by atoms with van der Waals surface area (Å²) in [4.78, 5) is 16.0. The first-order valence-electron chi connectivity index (χ1n) is 8.13. The van der Waals surface area contributed by atoms with Gasteiger partial charge in [0.25, 0.3) is 0 Å². The average molecular weight is 350 g/mol. The Kier molecular flexibility index (Phi) is 11.8. The highest BCUT2D eigenvalue weighted by Gasteiger charge is 2.19. The zero-order chi connectivity index (χ0) is 18.5. The Labute approximate surface area is 150 Å². The van der Waals surface area contributed by atoms with E-state index in [4.69, 9.17) is 11.6 Å². The maximum Gasteiger partial charge on any atom is 0.161 e. The third-order valence-corrected chi connectivity index (χ3v) is 3.52. The van der Waals surface area contributed by atoms with Crippen molar-refractivity contribution in [2.24, 2.45) is 4.99 Å². The fourth-order valence-corrected chi connectivity index (χ4v) is 2.24. The molecule has 24 heavy (non-hydrogen) atoms. The van der Waals surface area contributed by atoms with E-state index in [2.05, 4.69) is 11.6 Å². The summed E-state index contributed by atoms with van der Waals surface area (Å²) in [6.07, 6.45) is 11.6. The Bertz CT molecular complexity index is 580. The van der Waals surface area contributed by atoms with Gasteiger partial charge in [-0.3, -0.25) is 9.79 Å². The molecule has 0 saturated carbocycles. The van der Waals surface area contributed by atoms with Crippen LogP contribution in [0, 0.1) is 0 Å². The van der Waals surface area contributed by atoms with E-state index >= 15 is 0 Å². The lowest BCUT2D eigenvalue weighted by molar-refractivity contribution is -0.113. The minimum atomic E-state index is -0.830. The van der Waals surface area contributed by atoms with Gasteiger partial charge >= 0.3 is 0 Å². The van der Waals surface area contributed by atoms with E-state index in [9.17, 15) is 9.90 Å². The molecule has 0 aliphatic rings. The number of hydrogen-bond donors (Lipinski definition) is 1. The van der Waals surface area contributed by atoms with Gasteiger partial charge < -0.3 is 5.11 Å². The molecule has 0 aromatic rings. The van der Waals surface area contributed by atoms with E-state index in [-0.39, 0.29) is 5.78 Å². The number of aliphatic hydroxyl groups is 1. The van der Waals surface area contributed by atoms with Crippen LogP contribution in [0.25, 0.3) is 0 Å². The van der Waals surface area contributed by atoms with E-state index < -0.39 is 6.10 Å². The number of nitrogens with zero attached hydrogens (tertiary/aromatic N) is 1. The molecule has 0 saturated heterocycles. The van der Waals surface area contributed by atoms with Crippen molar-refractivity contribution in [3.05, 3.63) is 59.3 Å². The second kappa shape index (κ2) is 12.7. The molecule has 0 amide bonds. The lowest BCUT2D eigenvalue weighted by Gasteiger charge is -2.15. The van der Waals surface area contributed by atoms with Crippen molar-refractivity contribution in [3.8, 4) is 0 Å². The van der Waals surface area contributed by atoms with Crippen LogP contribution in [0.5, 0.6) is 0 Å². The van der Waals surface area contributed by atoms with Gasteiger partial charge in [0.05, 0.1) is 11.8 Å². The van der Waals surface area contributed by atoms with Gasteiger partial charge in [0, 0.05) is 16.8 Å². The molecule has 1 unspecified atom stereocenters. The van der Waals surface area contributed by atoms with Crippen LogP contribution in [0.4, 0.5) is 0 Å². The molecule has 0 rings (SSSR count). The van der Waals surface area contributed by atoms with E-state index in [1.54, 1.807) is 31.4 Å². The Hall–Kier alpha value is -1.71. The lowest BCUT2D eigenvalue weighted by Crippen LogP contribution is -2.25. The zero-order valence-corrected chi connectivity index (χ0v) is 15.8. The number of halogens is 1. The summed E-state index contributed by atoms with van der Waals surface area (Å²) in [6, 6.07) is 0. The van der Waals surface area contributed by atoms with Crippen LogP contribution in [0.1, 0.15) is 47.0 Å². The third kappa shape index (κ3) is 8.80. The van der Waals surface area contributed by atoms with Gasteiger partial charge in [-0.1, -0.05) is 55.0 Å². The van der Waals surface area contributed by atoms with Crippen molar-refractivity contribution >= 4 is 23.1 Å². The van der Waals surface area contributed by atoms with Crippen LogP contribution < -0.4 is 0 Å². The highest BCUT2D eigenvalue weighted by atomic mass is 35.5. The number of Topliss-reactive ketones (excluding diaryl/α,β-unsaturated/α-hetero) is 1. The van der Waals surface area contributed by atoms with E-state index in [0.29, 0.717) is 29.2 Å².